The number of nitrogens with zero attached hydrogens (tertiary/aromatic N) is 2. The van der Waals surface area contributed by atoms with E-state index in [0.29, 0.717) is 25.9 Å². The second-order valence-electron chi connectivity index (χ2n) is 4.73. The van der Waals surface area contributed by atoms with Crippen LogP contribution in [0.25, 0.3) is 0 Å². The fourth-order valence-electron chi connectivity index (χ4n) is 2.19. The molecule has 1 aliphatic heterocycles. The van der Waals surface area contributed by atoms with Crippen LogP contribution in [0.3, 0.4) is 0 Å². The van der Waals surface area contributed by atoms with E-state index in [0.717, 1.165) is 16.8 Å². The van der Waals surface area contributed by atoms with E-state index in [1.807, 2.05) is 0 Å². The number of aliphatic carboxylic acids is 1. The van der Waals surface area contributed by atoms with Crippen molar-refractivity contribution in [1.82, 2.24) is 14.7 Å². The third-order valence-electron chi connectivity index (χ3n) is 3.38. The van der Waals surface area contributed by atoms with Crippen LogP contribution in [0, 0.1) is 5.92 Å². The number of piperidine rings is 1. The first kappa shape index (κ1) is 14.0. The van der Waals surface area contributed by atoms with Gasteiger partial charge in [0.15, 0.2) is 0 Å². The Bertz CT molecular complexity index is 624. The summed E-state index contributed by atoms with van der Waals surface area (Å²) in [6, 6.07) is 2.20. The van der Waals surface area contributed by atoms with E-state index in [-0.39, 0.29) is 12.5 Å². The lowest BCUT2D eigenvalue weighted by atomic mass is 9.97. The molecule has 1 aliphatic rings. The van der Waals surface area contributed by atoms with E-state index < -0.39 is 23.0 Å². The van der Waals surface area contributed by atoms with Crippen LogP contribution in [0.1, 0.15) is 12.8 Å². The van der Waals surface area contributed by atoms with E-state index in [1.165, 1.54) is 4.90 Å². The maximum absolute atomic E-state index is 12.0. The maximum Gasteiger partial charge on any atom is 0.306 e. The lowest BCUT2D eigenvalue weighted by Crippen LogP contribution is -2.43. The summed E-state index contributed by atoms with van der Waals surface area (Å²) < 4.78 is 0.952. The van der Waals surface area contributed by atoms with Crippen LogP contribution in [-0.2, 0) is 16.1 Å². The van der Waals surface area contributed by atoms with Crippen LogP contribution in [-0.4, -0.2) is 44.8 Å². The van der Waals surface area contributed by atoms with E-state index in [1.54, 1.807) is 0 Å². The Morgan fingerprint density at radius 3 is 2.50 bits per heavy atom. The Hall–Kier alpha value is -2.38. The van der Waals surface area contributed by atoms with Crippen LogP contribution < -0.4 is 11.1 Å². The van der Waals surface area contributed by atoms with Gasteiger partial charge in [-0.25, -0.2) is 4.68 Å². The molecule has 2 N–H and O–H groups in total. The fraction of sp³-hybridized carbons (Fsp3) is 0.500. The quantitative estimate of drug-likeness (QED) is 0.727. The molecule has 0 saturated carbocycles. The largest absolute Gasteiger partial charge is 0.481 e. The van der Waals surface area contributed by atoms with Gasteiger partial charge >= 0.3 is 5.97 Å². The molecule has 2 heterocycles. The van der Waals surface area contributed by atoms with Crippen molar-refractivity contribution in [1.29, 1.82) is 0 Å². The zero-order chi connectivity index (χ0) is 14.7. The summed E-state index contributed by atoms with van der Waals surface area (Å²) in [7, 11) is 0. The number of amides is 1. The van der Waals surface area contributed by atoms with Gasteiger partial charge in [0.1, 0.15) is 6.54 Å². The maximum atomic E-state index is 12.0. The monoisotopic (exact) mass is 281 g/mol. The average Bonchev–Trinajstić information content (AvgIpc) is 2.43. The number of hydrogen-bond acceptors (Lipinski definition) is 4. The van der Waals surface area contributed by atoms with Gasteiger partial charge in [0.2, 0.25) is 5.91 Å². The van der Waals surface area contributed by atoms with Gasteiger partial charge in [0.25, 0.3) is 11.1 Å². The van der Waals surface area contributed by atoms with Crippen molar-refractivity contribution in [3.8, 4) is 0 Å². The highest BCUT2D eigenvalue weighted by Crippen LogP contribution is 2.17. The summed E-state index contributed by atoms with van der Waals surface area (Å²) in [4.78, 5) is 46.9. The predicted molar refractivity (Wildman–Crippen MR) is 68.3 cm³/mol. The van der Waals surface area contributed by atoms with Gasteiger partial charge in [0, 0.05) is 25.2 Å². The predicted octanol–water partition coefficient (Wildman–Crippen LogP) is -1.14. The van der Waals surface area contributed by atoms with Crippen LogP contribution in [0.4, 0.5) is 0 Å². The van der Waals surface area contributed by atoms with Crippen molar-refractivity contribution in [2.45, 2.75) is 19.4 Å². The first-order valence-corrected chi connectivity index (χ1v) is 6.28. The molecule has 108 valence electrons. The highest BCUT2D eigenvalue weighted by molar-refractivity contribution is 5.76. The molecule has 0 aliphatic carbocycles. The summed E-state index contributed by atoms with van der Waals surface area (Å²) in [5, 5.41) is 11.2. The van der Waals surface area contributed by atoms with Crippen molar-refractivity contribution < 1.29 is 14.7 Å². The normalized spacial score (nSPS) is 16.1. The van der Waals surface area contributed by atoms with Crippen molar-refractivity contribution >= 4 is 11.9 Å². The van der Waals surface area contributed by atoms with Crippen LogP contribution in [0.5, 0.6) is 0 Å². The summed E-state index contributed by atoms with van der Waals surface area (Å²) in [5.41, 5.74) is -0.916. The molecule has 0 radical (unpaired) electrons. The molecule has 0 bridgehead atoms. The smallest absolute Gasteiger partial charge is 0.306 e. The lowest BCUT2D eigenvalue weighted by Gasteiger charge is -2.30. The number of carbonyl (C=O) groups excluding carboxylic acids is 1. The van der Waals surface area contributed by atoms with Crippen LogP contribution in [0.2, 0.25) is 0 Å². The second-order valence-corrected chi connectivity index (χ2v) is 4.73. The molecule has 0 spiro atoms. The van der Waals surface area contributed by atoms with Gasteiger partial charge < -0.3 is 10.0 Å². The molecular weight excluding hydrogens is 266 g/mol. The highest BCUT2D eigenvalue weighted by Gasteiger charge is 2.27. The minimum atomic E-state index is -0.847. The molecule has 1 saturated heterocycles. The summed E-state index contributed by atoms with van der Waals surface area (Å²) >= 11 is 0. The molecule has 0 unspecified atom stereocenters. The van der Waals surface area contributed by atoms with E-state index in [2.05, 4.69) is 5.10 Å². The molecular formula is C12H15N3O5. The van der Waals surface area contributed by atoms with Gasteiger partial charge in [-0.3, -0.25) is 24.3 Å². The third-order valence-corrected chi connectivity index (χ3v) is 3.38. The molecule has 0 aromatic carbocycles. The number of H-pyrrole nitrogens is 1. The Morgan fingerprint density at radius 2 is 1.90 bits per heavy atom. The number of likely N-dealkylation sites (tertiary alicyclic amines) is 1. The van der Waals surface area contributed by atoms with Crippen molar-refractivity contribution in [3.63, 3.8) is 0 Å². The van der Waals surface area contributed by atoms with E-state index >= 15 is 0 Å². The fourth-order valence-corrected chi connectivity index (χ4v) is 2.19. The van der Waals surface area contributed by atoms with Gasteiger partial charge in [-0.15, -0.1) is 0 Å². The molecule has 8 heteroatoms. The molecule has 8 nitrogen and oxygen atoms in total. The lowest BCUT2D eigenvalue weighted by molar-refractivity contribution is -0.145. The Labute approximate surface area is 113 Å². The molecule has 1 fully saturated rings. The number of carbonyl (C=O) groups is 2. The third kappa shape index (κ3) is 3.14. The zero-order valence-corrected chi connectivity index (χ0v) is 10.7. The Balaban J connectivity index is 2.00. The second kappa shape index (κ2) is 5.72. The van der Waals surface area contributed by atoms with E-state index in [4.69, 9.17) is 5.11 Å². The summed E-state index contributed by atoms with van der Waals surface area (Å²) in [5.74, 6) is -1.57. The number of aromatic nitrogens is 2. The minimum Gasteiger partial charge on any atom is -0.481 e. The highest BCUT2D eigenvalue weighted by atomic mass is 16.4. The number of carboxylic acids is 1. The first-order chi connectivity index (χ1) is 9.47. The SMILES string of the molecule is O=C(O)C1CCN(C(=O)Cn2[nH]c(=O)ccc2=O)CC1. The van der Waals surface area contributed by atoms with Crippen molar-refractivity contribution in [3.05, 3.63) is 32.8 Å². The number of carboxylic acid groups (broad SMARTS) is 1. The summed E-state index contributed by atoms with van der Waals surface area (Å²) in [6.45, 7) is 0.454. The first-order valence-electron chi connectivity index (χ1n) is 6.28. The minimum absolute atomic E-state index is 0.243. The molecule has 1 amide bonds. The van der Waals surface area contributed by atoms with Crippen molar-refractivity contribution in [2.24, 2.45) is 5.92 Å². The zero-order valence-electron chi connectivity index (χ0n) is 10.7. The van der Waals surface area contributed by atoms with Gasteiger partial charge in [0.05, 0.1) is 5.92 Å². The number of aromatic amines is 1. The number of nitrogens with one attached hydrogen (secondary N) is 1. The Morgan fingerprint density at radius 1 is 1.25 bits per heavy atom. The standard InChI is InChI=1S/C12H15N3O5/c16-9-1-2-10(17)15(13-9)7-11(18)14-5-3-8(4-6-14)12(19)20/h1-2,8H,3-7H2,(H,13,16)(H,19,20). The molecule has 20 heavy (non-hydrogen) atoms. The molecule has 0 atom stereocenters. The van der Waals surface area contributed by atoms with Crippen LogP contribution >= 0.6 is 0 Å². The summed E-state index contributed by atoms with van der Waals surface area (Å²) in [6.07, 6.45) is 0.808. The number of rotatable bonds is 3. The number of hydrogen-bond donors (Lipinski definition) is 2. The molecule has 1 aromatic rings. The average molecular weight is 281 g/mol. The molecule has 1 aromatic heterocycles. The molecule has 2 rings (SSSR count). The van der Waals surface area contributed by atoms with Gasteiger partial charge in [-0.2, -0.15) is 0 Å². The van der Waals surface area contributed by atoms with Gasteiger partial charge in [-0.05, 0) is 12.8 Å². The van der Waals surface area contributed by atoms with Crippen LogP contribution in [0.15, 0.2) is 21.7 Å². The topological polar surface area (TPSA) is 112 Å². The Kier molecular flexibility index (Phi) is 4.02. The van der Waals surface area contributed by atoms with E-state index in [9.17, 15) is 19.2 Å². The van der Waals surface area contributed by atoms with Gasteiger partial charge in [-0.1, -0.05) is 0 Å². The van der Waals surface area contributed by atoms with Crippen molar-refractivity contribution in [2.75, 3.05) is 13.1 Å².